The van der Waals surface area contributed by atoms with Crippen molar-refractivity contribution in [1.29, 1.82) is 0 Å². The summed E-state index contributed by atoms with van der Waals surface area (Å²) in [6.07, 6.45) is -3.31. The van der Waals surface area contributed by atoms with Crippen LogP contribution in [-0.2, 0) is 17.6 Å². The largest absolute Gasteiger partial charge is 0.471 e. The molecule has 0 atom stereocenters. The van der Waals surface area contributed by atoms with Crippen LogP contribution >= 0.6 is 0 Å². The van der Waals surface area contributed by atoms with E-state index in [1.807, 2.05) is 30.3 Å². The molecule has 8 nitrogen and oxygen atoms in total. The van der Waals surface area contributed by atoms with Gasteiger partial charge < -0.3 is 8.94 Å². The van der Waals surface area contributed by atoms with Crippen LogP contribution in [0.15, 0.2) is 69.8 Å². The van der Waals surface area contributed by atoms with Crippen molar-refractivity contribution in [2.75, 3.05) is 0 Å². The van der Waals surface area contributed by atoms with Gasteiger partial charge in [0.05, 0.1) is 0 Å². The molecule has 0 saturated carbocycles. The van der Waals surface area contributed by atoms with E-state index >= 15 is 0 Å². The highest BCUT2D eigenvalue weighted by molar-refractivity contribution is 5.93. The standard InChI is InChI=1S/C20H13F3N4O4/c21-20(22,23)19-25-16(26-31-19)12-6-8-13(9-7-12)17(28)27-30-11-15-10-29-18(24-15)14-4-2-1-3-5-14/h1-10H,11H2,(H,27,28). The Balaban J connectivity index is 1.32. The van der Waals surface area contributed by atoms with Gasteiger partial charge in [-0.25, -0.2) is 10.5 Å². The molecule has 2 heterocycles. The molecule has 0 radical (unpaired) electrons. The van der Waals surface area contributed by atoms with E-state index in [0.29, 0.717) is 11.6 Å². The summed E-state index contributed by atoms with van der Waals surface area (Å²) in [6.45, 7) is -0.0246. The molecule has 0 aliphatic heterocycles. The van der Waals surface area contributed by atoms with Crippen molar-refractivity contribution in [1.82, 2.24) is 20.6 Å². The second kappa shape index (κ2) is 8.40. The maximum absolute atomic E-state index is 12.5. The van der Waals surface area contributed by atoms with Crippen LogP contribution in [0.3, 0.4) is 0 Å². The Bertz CT molecular complexity index is 1170. The minimum absolute atomic E-state index is 0.0246. The number of benzene rings is 2. The Hall–Kier alpha value is -3.99. The molecule has 0 bridgehead atoms. The fourth-order valence-electron chi connectivity index (χ4n) is 2.55. The lowest BCUT2D eigenvalue weighted by atomic mass is 10.1. The zero-order chi connectivity index (χ0) is 21.8. The minimum Gasteiger partial charge on any atom is -0.444 e. The zero-order valence-corrected chi connectivity index (χ0v) is 15.6. The van der Waals surface area contributed by atoms with E-state index in [2.05, 4.69) is 25.1 Å². The van der Waals surface area contributed by atoms with E-state index in [4.69, 9.17) is 9.25 Å². The number of hydrogen-bond donors (Lipinski definition) is 1. The molecule has 0 aliphatic rings. The number of rotatable bonds is 6. The smallest absolute Gasteiger partial charge is 0.444 e. The fraction of sp³-hybridized carbons (Fsp3) is 0.100. The monoisotopic (exact) mass is 430 g/mol. The van der Waals surface area contributed by atoms with Gasteiger partial charge in [0, 0.05) is 16.7 Å². The van der Waals surface area contributed by atoms with Crippen LogP contribution in [0, 0.1) is 0 Å². The highest BCUT2D eigenvalue weighted by atomic mass is 19.4. The number of amides is 1. The molecule has 4 rings (SSSR count). The first-order chi connectivity index (χ1) is 14.9. The van der Waals surface area contributed by atoms with Gasteiger partial charge in [0.1, 0.15) is 18.6 Å². The highest BCUT2D eigenvalue weighted by Gasteiger charge is 2.38. The van der Waals surface area contributed by atoms with Crippen molar-refractivity contribution in [2.24, 2.45) is 0 Å². The average molecular weight is 430 g/mol. The van der Waals surface area contributed by atoms with Crippen molar-refractivity contribution in [3.05, 3.63) is 78.0 Å². The molecule has 1 amide bonds. The third-order valence-electron chi connectivity index (χ3n) is 4.03. The Morgan fingerprint density at radius 3 is 2.42 bits per heavy atom. The van der Waals surface area contributed by atoms with Gasteiger partial charge in [-0.05, 0) is 24.3 Å². The first-order valence-electron chi connectivity index (χ1n) is 8.83. The summed E-state index contributed by atoms with van der Waals surface area (Å²) < 4.78 is 47.2. The molecule has 2 aromatic heterocycles. The predicted octanol–water partition coefficient (Wildman–Crippen LogP) is 4.27. The van der Waals surface area contributed by atoms with Gasteiger partial charge in [0.2, 0.25) is 11.7 Å². The molecule has 2 aromatic carbocycles. The van der Waals surface area contributed by atoms with Crippen LogP contribution in [0.1, 0.15) is 21.9 Å². The van der Waals surface area contributed by atoms with E-state index in [9.17, 15) is 18.0 Å². The van der Waals surface area contributed by atoms with Crippen LogP contribution in [0.2, 0.25) is 0 Å². The second-order valence-corrected chi connectivity index (χ2v) is 6.23. The number of carbonyl (C=O) groups is 1. The maximum Gasteiger partial charge on any atom is 0.471 e. The summed E-state index contributed by atoms with van der Waals surface area (Å²) in [6, 6.07) is 14.8. The second-order valence-electron chi connectivity index (χ2n) is 6.23. The first kappa shape index (κ1) is 20.3. The quantitative estimate of drug-likeness (QED) is 0.456. The molecule has 0 fully saturated rings. The van der Waals surface area contributed by atoms with Crippen molar-refractivity contribution < 1.29 is 31.7 Å². The normalized spacial score (nSPS) is 11.5. The molecule has 158 valence electrons. The number of carbonyl (C=O) groups excluding carboxylic acids is 1. The molecule has 4 aromatic rings. The Kier molecular flexibility index (Phi) is 5.50. The van der Waals surface area contributed by atoms with Crippen LogP contribution in [0.5, 0.6) is 0 Å². The molecule has 0 unspecified atom stereocenters. The fourth-order valence-corrected chi connectivity index (χ4v) is 2.55. The number of hydroxylamine groups is 1. The summed E-state index contributed by atoms with van der Waals surface area (Å²) in [7, 11) is 0. The van der Waals surface area contributed by atoms with Gasteiger partial charge in [-0.2, -0.15) is 18.2 Å². The number of hydrogen-bond acceptors (Lipinski definition) is 7. The molecule has 0 aliphatic carbocycles. The molecule has 0 spiro atoms. The number of nitrogens with zero attached hydrogens (tertiary/aromatic N) is 3. The molecular formula is C20H13F3N4O4. The molecule has 1 N–H and O–H groups in total. The number of aromatic nitrogens is 3. The van der Waals surface area contributed by atoms with Crippen LogP contribution < -0.4 is 5.48 Å². The van der Waals surface area contributed by atoms with Gasteiger partial charge in [-0.1, -0.05) is 35.5 Å². The summed E-state index contributed by atoms with van der Waals surface area (Å²) >= 11 is 0. The number of alkyl halides is 3. The summed E-state index contributed by atoms with van der Waals surface area (Å²) in [4.78, 5) is 24.9. The predicted molar refractivity (Wildman–Crippen MR) is 98.9 cm³/mol. The maximum atomic E-state index is 12.5. The van der Waals surface area contributed by atoms with Gasteiger partial charge in [0.25, 0.3) is 5.91 Å². The van der Waals surface area contributed by atoms with Crippen molar-refractivity contribution >= 4 is 5.91 Å². The highest BCUT2D eigenvalue weighted by Crippen LogP contribution is 2.29. The van der Waals surface area contributed by atoms with Gasteiger partial charge >= 0.3 is 12.1 Å². The average Bonchev–Trinajstić information content (AvgIpc) is 3.44. The van der Waals surface area contributed by atoms with Crippen molar-refractivity contribution in [3.63, 3.8) is 0 Å². The van der Waals surface area contributed by atoms with Crippen LogP contribution in [0.4, 0.5) is 13.2 Å². The molecular weight excluding hydrogens is 417 g/mol. The lowest BCUT2D eigenvalue weighted by Gasteiger charge is -2.04. The first-order valence-corrected chi connectivity index (χ1v) is 8.83. The minimum atomic E-state index is -4.73. The van der Waals surface area contributed by atoms with Gasteiger partial charge in [0.15, 0.2) is 0 Å². The van der Waals surface area contributed by atoms with E-state index in [-0.39, 0.29) is 23.6 Å². The van der Waals surface area contributed by atoms with Crippen LogP contribution in [0.25, 0.3) is 22.8 Å². The summed E-state index contributed by atoms with van der Waals surface area (Å²) in [5, 5.41) is 3.29. The summed E-state index contributed by atoms with van der Waals surface area (Å²) in [5.74, 6) is -1.81. The molecule has 11 heteroatoms. The molecule has 31 heavy (non-hydrogen) atoms. The zero-order valence-electron chi connectivity index (χ0n) is 15.6. The Morgan fingerprint density at radius 1 is 1.00 bits per heavy atom. The van der Waals surface area contributed by atoms with E-state index in [0.717, 1.165) is 5.56 Å². The Labute approximate surface area is 172 Å². The molecule has 0 saturated heterocycles. The van der Waals surface area contributed by atoms with E-state index in [1.54, 1.807) is 0 Å². The van der Waals surface area contributed by atoms with Crippen LogP contribution in [-0.4, -0.2) is 21.0 Å². The summed E-state index contributed by atoms with van der Waals surface area (Å²) in [5.41, 5.74) is 4.02. The van der Waals surface area contributed by atoms with Gasteiger partial charge in [-0.3, -0.25) is 9.63 Å². The lowest BCUT2D eigenvalue weighted by molar-refractivity contribution is -0.159. The van der Waals surface area contributed by atoms with Crippen molar-refractivity contribution in [3.8, 4) is 22.8 Å². The lowest BCUT2D eigenvalue weighted by Crippen LogP contribution is -2.23. The number of nitrogens with one attached hydrogen (secondary N) is 1. The number of oxazole rings is 1. The number of halogens is 3. The SMILES string of the molecule is O=C(NOCc1coc(-c2ccccc2)n1)c1ccc(-c2noc(C(F)(F)F)n2)cc1. The topological polar surface area (TPSA) is 103 Å². The van der Waals surface area contributed by atoms with Crippen molar-refractivity contribution in [2.45, 2.75) is 12.8 Å². The third kappa shape index (κ3) is 4.78. The Morgan fingerprint density at radius 2 is 1.74 bits per heavy atom. The van der Waals surface area contributed by atoms with E-state index < -0.39 is 18.0 Å². The van der Waals surface area contributed by atoms with Gasteiger partial charge in [-0.15, -0.1) is 0 Å². The van der Waals surface area contributed by atoms with E-state index in [1.165, 1.54) is 30.5 Å². The third-order valence-corrected chi connectivity index (χ3v) is 4.03.